The highest BCUT2D eigenvalue weighted by Crippen LogP contribution is 2.61. The molecule has 4 atom stereocenters. The van der Waals surface area contributed by atoms with Gasteiger partial charge in [0.25, 0.3) is 0 Å². The number of carbonyl (C=O) groups is 1. The Morgan fingerprint density at radius 1 is 1.09 bits per heavy atom. The van der Waals surface area contributed by atoms with Gasteiger partial charge in [-0.25, -0.2) is 0 Å². The summed E-state index contributed by atoms with van der Waals surface area (Å²) in [5.41, 5.74) is 8.77. The summed E-state index contributed by atoms with van der Waals surface area (Å²) in [6, 6.07) is 13.0. The zero-order valence-electron chi connectivity index (χ0n) is 19.6. The Bertz CT molecular complexity index is 1110. The van der Waals surface area contributed by atoms with Crippen molar-refractivity contribution in [2.24, 2.45) is 17.3 Å². The molecule has 1 N–H and O–H groups in total. The molecule has 0 aliphatic heterocycles. The van der Waals surface area contributed by atoms with Crippen LogP contribution in [0.25, 0.3) is 0 Å². The first kappa shape index (κ1) is 20.9. The van der Waals surface area contributed by atoms with Crippen molar-refractivity contribution in [2.45, 2.75) is 70.8 Å². The van der Waals surface area contributed by atoms with E-state index in [-0.39, 0.29) is 5.92 Å². The van der Waals surface area contributed by atoms with Crippen LogP contribution < -0.4 is 5.32 Å². The molecule has 4 aliphatic carbocycles. The third kappa shape index (κ3) is 3.76. The van der Waals surface area contributed by atoms with Gasteiger partial charge in [-0.3, -0.25) is 9.78 Å². The SMILES string of the molecule is C[C@@]12CCC[C@H]1[C@@H]1CCC3=CC(=O)CC(c4ccc(CNc5cccnc5)cc4)C3=C1CC2. The zero-order valence-corrected chi connectivity index (χ0v) is 19.6. The summed E-state index contributed by atoms with van der Waals surface area (Å²) in [6.07, 6.45) is 15.4. The van der Waals surface area contributed by atoms with Crippen LogP contribution >= 0.6 is 0 Å². The number of nitrogens with zero attached hydrogens (tertiary/aromatic N) is 1. The van der Waals surface area contributed by atoms with Crippen LogP contribution in [0.1, 0.15) is 75.3 Å². The van der Waals surface area contributed by atoms with E-state index in [1.54, 1.807) is 17.3 Å². The number of benzene rings is 1. The van der Waals surface area contributed by atoms with E-state index in [2.05, 4.69) is 41.5 Å². The maximum atomic E-state index is 12.7. The number of allylic oxidation sites excluding steroid dienone is 4. The molecule has 2 saturated carbocycles. The lowest BCUT2D eigenvalue weighted by atomic mass is 9.56. The second-order valence-electron chi connectivity index (χ2n) is 11.0. The van der Waals surface area contributed by atoms with Crippen molar-refractivity contribution in [3.63, 3.8) is 0 Å². The summed E-state index contributed by atoms with van der Waals surface area (Å²) in [5.74, 6) is 2.15. The van der Waals surface area contributed by atoms with Gasteiger partial charge in [-0.15, -0.1) is 0 Å². The van der Waals surface area contributed by atoms with Crippen LogP contribution in [0.4, 0.5) is 5.69 Å². The summed E-state index contributed by atoms with van der Waals surface area (Å²) in [4.78, 5) is 16.9. The minimum atomic E-state index is 0.237. The molecule has 0 radical (unpaired) electrons. The van der Waals surface area contributed by atoms with E-state index >= 15 is 0 Å². The van der Waals surface area contributed by atoms with Crippen molar-refractivity contribution in [1.29, 1.82) is 0 Å². The predicted molar refractivity (Wildman–Crippen MR) is 133 cm³/mol. The lowest BCUT2D eigenvalue weighted by molar-refractivity contribution is -0.115. The van der Waals surface area contributed by atoms with Crippen LogP contribution in [0.3, 0.4) is 0 Å². The molecule has 0 bridgehead atoms. The summed E-state index contributed by atoms with van der Waals surface area (Å²) in [6.45, 7) is 3.33. The van der Waals surface area contributed by atoms with Crippen LogP contribution in [0.15, 0.2) is 71.6 Å². The largest absolute Gasteiger partial charge is 0.380 e. The van der Waals surface area contributed by atoms with Gasteiger partial charge >= 0.3 is 0 Å². The molecule has 0 spiro atoms. The van der Waals surface area contributed by atoms with Crippen molar-refractivity contribution in [3.05, 3.63) is 82.7 Å². The molecule has 6 rings (SSSR count). The summed E-state index contributed by atoms with van der Waals surface area (Å²) >= 11 is 0. The number of fused-ring (bicyclic) bond motifs is 4. The highest BCUT2D eigenvalue weighted by molar-refractivity contribution is 5.94. The molecule has 2 aromatic rings. The van der Waals surface area contributed by atoms with Gasteiger partial charge in [-0.1, -0.05) is 43.2 Å². The van der Waals surface area contributed by atoms with Crippen LogP contribution in [0.2, 0.25) is 0 Å². The summed E-state index contributed by atoms with van der Waals surface area (Å²) in [7, 11) is 0. The van der Waals surface area contributed by atoms with Crippen molar-refractivity contribution >= 4 is 11.5 Å². The van der Waals surface area contributed by atoms with Gasteiger partial charge in [0.15, 0.2) is 5.78 Å². The molecule has 2 fully saturated rings. The Morgan fingerprint density at radius 2 is 1.97 bits per heavy atom. The van der Waals surface area contributed by atoms with E-state index in [1.807, 2.05) is 24.4 Å². The van der Waals surface area contributed by atoms with Gasteiger partial charge in [0, 0.05) is 31.3 Å². The fourth-order valence-electron chi connectivity index (χ4n) is 7.44. The molecule has 0 saturated heterocycles. The van der Waals surface area contributed by atoms with E-state index in [9.17, 15) is 4.79 Å². The molecule has 1 unspecified atom stereocenters. The molecule has 170 valence electrons. The van der Waals surface area contributed by atoms with Crippen LogP contribution in [0.5, 0.6) is 0 Å². The number of carbonyl (C=O) groups excluding carboxylic acids is 1. The van der Waals surface area contributed by atoms with Crippen LogP contribution in [0, 0.1) is 17.3 Å². The number of aromatic nitrogens is 1. The van der Waals surface area contributed by atoms with E-state index in [1.165, 1.54) is 55.2 Å². The van der Waals surface area contributed by atoms with Crippen molar-refractivity contribution in [3.8, 4) is 0 Å². The lowest BCUT2D eigenvalue weighted by Crippen LogP contribution is -2.37. The maximum absolute atomic E-state index is 12.7. The Kier molecular flexibility index (Phi) is 5.24. The molecule has 3 nitrogen and oxygen atoms in total. The zero-order chi connectivity index (χ0) is 22.4. The molecule has 33 heavy (non-hydrogen) atoms. The molecular formula is C30H34N2O. The second kappa shape index (κ2) is 8.27. The highest BCUT2D eigenvalue weighted by atomic mass is 16.1. The molecule has 1 heterocycles. The van der Waals surface area contributed by atoms with Gasteiger partial charge in [-0.2, -0.15) is 0 Å². The monoisotopic (exact) mass is 438 g/mol. The van der Waals surface area contributed by atoms with Gasteiger partial charge < -0.3 is 5.32 Å². The third-order valence-electron chi connectivity index (χ3n) is 9.10. The minimum Gasteiger partial charge on any atom is -0.380 e. The number of anilines is 1. The first-order valence-corrected chi connectivity index (χ1v) is 12.8. The van der Waals surface area contributed by atoms with E-state index in [4.69, 9.17) is 0 Å². The average molecular weight is 439 g/mol. The van der Waals surface area contributed by atoms with E-state index in [0.29, 0.717) is 17.6 Å². The number of ketones is 1. The quantitative estimate of drug-likeness (QED) is 0.560. The number of nitrogens with one attached hydrogen (secondary N) is 1. The molecule has 1 aromatic heterocycles. The number of rotatable bonds is 4. The number of pyridine rings is 1. The first-order chi connectivity index (χ1) is 16.1. The fourth-order valence-corrected chi connectivity index (χ4v) is 7.44. The molecule has 1 aromatic carbocycles. The molecular weight excluding hydrogens is 404 g/mol. The summed E-state index contributed by atoms with van der Waals surface area (Å²) in [5, 5.41) is 3.44. The fraction of sp³-hybridized carbons (Fsp3) is 0.467. The van der Waals surface area contributed by atoms with Gasteiger partial charge in [-0.05, 0) is 96.3 Å². The minimum absolute atomic E-state index is 0.237. The van der Waals surface area contributed by atoms with Gasteiger partial charge in [0.2, 0.25) is 0 Å². The summed E-state index contributed by atoms with van der Waals surface area (Å²) < 4.78 is 0. The smallest absolute Gasteiger partial charge is 0.156 e. The first-order valence-electron chi connectivity index (χ1n) is 12.8. The normalized spacial score (nSPS) is 30.9. The van der Waals surface area contributed by atoms with Gasteiger partial charge in [0.05, 0.1) is 5.69 Å². The van der Waals surface area contributed by atoms with Crippen molar-refractivity contribution in [1.82, 2.24) is 4.98 Å². The Labute approximate surface area is 197 Å². The second-order valence-corrected chi connectivity index (χ2v) is 11.0. The van der Waals surface area contributed by atoms with Crippen molar-refractivity contribution in [2.75, 3.05) is 5.32 Å². The highest BCUT2D eigenvalue weighted by Gasteiger charge is 2.49. The van der Waals surface area contributed by atoms with Crippen molar-refractivity contribution < 1.29 is 4.79 Å². The molecule has 4 aliphatic rings. The Hall–Kier alpha value is -2.68. The van der Waals surface area contributed by atoms with Crippen LogP contribution in [-0.2, 0) is 11.3 Å². The Morgan fingerprint density at radius 3 is 2.79 bits per heavy atom. The number of hydrogen-bond acceptors (Lipinski definition) is 3. The maximum Gasteiger partial charge on any atom is 0.156 e. The molecule has 0 amide bonds. The molecule has 3 heteroatoms. The van der Waals surface area contributed by atoms with E-state index in [0.717, 1.165) is 30.5 Å². The Balaban J connectivity index is 1.29. The topological polar surface area (TPSA) is 42.0 Å². The van der Waals surface area contributed by atoms with Gasteiger partial charge in [0.1, 0.15) is 0 Å². The third-order valence-corrected chi connectivity index (χ3v) is 9.10. The van der Waals surface area contributed by atoms with E-state index < -0.39 is 0 Å². The lowest BCUT2D eigenvalue weighted by Gasteiger charge is -2.48. The predicted octanol–water partition coefficient (Wildman–Crippen LogP) is 6.98. The van der Waals surface area contributed by atoms with Crippen LogP contribution in [-0.4, -0.2) is 10.8 Å². The number of hydrogen-bond donors (Lipinski definition) is 1. The average Bonchev–Trinajstić information content (AvgIpc) is 3.25. The standard InChI is InChI=1S/C30H34N2O/c1-30-13-2-5-28(30)25-11-10-22-16-24(33)17-27(29(22)26(25)12-14-30)21-8-6-20(7-9-21)18-32-23-4-3-15-31-19-23/h3-4,6-9,15-16,19,25,27-28,32H,2,5,10-14,17-18H2,1H3/t25-,27?,28+,30+/m1/s1.